The van der Waals surface area contributed by atoms with Crippen molar-refractivity contribution < 1.29 is 4.74 Å². The van der Waals surface area contributed by atoms with E-state index in [0.717, 1.165) is 27.8 Å². The molecule has 4 rings (SSSR count). The summed E-state index contributed by atoms with van der Waals surface area (Å²) in [5.41, 5.74) is 5.02. The predicted octanol–water partition coefficient (Wildman–Crippen LogP) is 5.04. The highest BCUT2D eigenvalue weighted by atomic mass is 32.1. The lowest BCUT2D eigenvalue weighted by atomic mass is 9.85. The Morgan fingerprint density at radius 3 is 2.83 bits per heavy atom. The molecule has 2 aliphatic rings. The molecule has 1 heterocycles. The number of hydrogen-bond acceptors (Lipinski definition) is 6. The van der Waals surface area contributed by atoms with Gasteiger partial charge >= 0.3 is 0 Å². The van der Waals surface area contributed by atoms with Crippen LogP contribution in [0.1, 0.15) is 55.3 Å². The highest BCUT2D eigenvalue weighted by Gasteiger charge is 2.26. The minimum Gasteiger partial charge on any atom is -0.494 e. The molecule has 0 saturated heterocycles. The minimum absolute atomic E-state index is 0.0610. The Labute approximate surface area is 176 Å². The zero-order chi connectivity index (χ0) is 20.4. The first-order valence-corrected chi connectivity index (χ1v) is 11.0. The molecular formula is C23H26N4OS. The Morgan fingerprint density at radius 2 is 2.07 bits per heavy atom. The van der Waals surface area contributed by atoms with E-state index in [-0.39, 0.29) is 12.0 Å². The molecule has 0 spiro atoms. The summed E-state index contributed by atoms with van der Waals surface area (Å²) in [6.45, 7) is 3.95. The fourth-order valence-corrected chi connectivity index (χ4v) is 5.09. The number of nitriles is 1. The zero-order valence-electron chi connectivity index (χ0n) is 17.1. The average molecular weight is 407 g/mol. The second-order valence-corrected chi connectivity index (χ2v) is 8.81. The summed E-state index contributed by atoms with van der Waals surface area (Å²) < 4.78 is 5.79. The summed E-state index contributed by atoms with van der Waals surface area (Å²) in [6.07, 6.45) is 8.03. The highest BCUT2D eigenvalue weighted by Crippen LogP contribution is 2.39. The minimum atomic E-state index is -0.273. The quantitative estimate of drug-likeness (QED) is 0.753. The molecule has 5 nitrogen and oxygen atoms in total. The third kappa shape index (κ3) is 3.98. The van der Waals surface area contributed by atoms with Crippen molar-refractivity contribution in [1.29, 1.82) is 5.26 Å². The molecule has 0 aliphatic heterocycles. The smallest absolute Gasteiger partial charge is 0.148 e. The highest BCUT2D eigenvalue weighted by molar-refractivity contribution is 7.15. The Kier molecular flexibility index (Phi) is 5.79. The lowest BCUT2D eigenvalue weighted by Crippen LogP contribution is -2.21. The molecule has 29 heavy (non-hydrogen) atoms. The molecule has 1 aromatic carbocycles. The summed E-state index contributed by atoms with van der Waals surface area (Å²) >= 11 is 1.61. The van der Waals surface area contributed by atoms with Gasteiger partial charge in [-0.1, -0.05) is 35.6 Å². The number of ether oxygens (including phenoxy) is 1. The molecule has 0 bridgehead atoms. The van der Waals surface area contributed by atoms with E-state index in [1.165, 1.54) is 29.5 Å². The summed E-state index contributed by atoms with van der Waals surface area (Å²) in [5.74, 6) is 0.469. The average Bonchev–Trinajstić information content (AvgIpc) is 3.22. The maximum atomic E-state index is 9.57. The van der Waals surface area contributed by atoms with Gasteiger partial charge in [0, 0.05) is 11.6 Å². The van der Waals surface area contributed by atoms with Crippen LogP contribution in [-0.2, 0) is 11.2 Å². The lowest BCUT2D eigenvalue weighted by Gasteiger charge is -2.26. The summed E-state index contributed by atoms with van der Waals surface area (Å²) in [6, 6.07) is 9.28. The number of nitrogens with one attached hydrogen (secondary N) is 1. The number of allylic oxidation sites excluding steroid dienone is 4. The van der Waals surface area contributed by atoms with Crippen molar-refractivity contribution in [2.75, 3.05) is 7.05 Å². The van der Waals surface area contributed by atoms with E-state index in [1.54, 1.807) is 11.3 Å². The molecule has 1 N–H and O–H groups in total. The Hall–Kier alpha value is -2.49. The topological polar surface area (TPSA) is 70.8 Å². The molecule has 0 saturated carbocycles. The van der Waals surface area contributed by atoms with Gasteiger partial charge in [0.25, 0.3) is 0 Å². The van der Waals surface area contributed by atoms with Crippen molar-refractivity contribution in [3.8, 4) is 16.6 Å². The van der Waals surface area contributed by atoms with Crippen LogP contribution < -0.4 is 5.32 Å². The first-order chi connectivity index (χ1) is 14.1. The number of benzene rings is 1. The van der Waals surface area contributed by atoms with Gasteiger partial charge in [0.15, 0.2) is 0 Å². The van der Waals surface area contributed by atoms with E-state index >= 15 is 0 Å². The van der Waals surface area contributed by atoms with E-state index < -0.39 is 0 Å². The van der Waals surface area contributed by atoms with Gasteiger partial charge in [-0.25, -0.2) is 0 Å². The zero-order valence-corrected chi connectivity index (χ0v) is 17.9. The fraction of sp³-hybridized carbons (Fsp3) is 0.435. The van der Waals surface area contributed by atoms with Crippen molar-refractivity contribution in [2.45, 2.75) is 51.7 Å². The molecular weight excluding hydrogens is 380 g/mol. The van der Waals surface area contributed by atoms with Crippen molar-refractivity contribution in [2.24, 2.45) is 5.92 Å². The number of hydrogen-bond donors (Lipinski definition) is 1. The van der Waals surface area contributed by atoms with Crippen molar-refractivity contribution in [3.63, 3.8) is 0 Å². The fourth-order valence-electron chi connectivity index (χ4n) is 4.16. The molecule has 2 aromatic rings. The molecule has 0 amide bonds. The Morgan fingerprint density at radius 1 is 1.24 bits per heavy atom. The molecule has 2 atom stereocenters. The van der Waals surface area contributed by atoms with Gasteiger partial charge in [0.1, 0.15) is 21.7 Å². The first-order valence-electron chi connectivity index (χ1n) is 10.2. The van der Waals surface area contributed by atoms with E-state index in [0.29, 0.717) is 12.5 Å². The van der Waals surface area contributed by atoms with Crippen LogP contribution in [0.5, 0.6) is 0 Å². The normalized spacial score (nSPS) is 21.2. The molecule has 1 aromatic heterocycles. The van der Waals surface area contributed by atoms with Crippen LogP contribution in [0, 0.1) is 17.2 Å². The maximum Gasteiger partial charge on any atom is 0.148 e. The second-order valence-electron chi connectivity index (χ2n) is 7.83. The van der Waals surface area contributed by atoms with Crippen LogP contribution in [0.2, 0.25) is 0 Å². The molecule has 6 heteroatoms. The van der Waals surface area contributed by atoms with Gasteiger partial charge in [-0.15, -0.1) is 10.2 Å². The number of nitrogens with zero attached hydrogens (tertiary/aromatic N) is 3. The van der Waals surface area contributed by atoms with Gasteiger partial charge in [-0.3, -0.25) is 0 Å². The number of aromatic nitrogens is 2. The van der Waals surface area contributed by atoms with E-state index in [2.05, 4.69) is 39.8 Å². The second kappa shape index (κ2) is 8.48. The van der Waals surface area contributed by atoms with Crippen molar-refractivity contribution in [3.05, 3.63) is 52.2 Å². The van der Waals surface area contributed by atoms with E-state index in [4.69, 9.17) is 4.74 Å². The first kappa shape index (κ1) is 19.8. The summed E-state index contributed by atoms with van der Waals surface area (Å²) in [5, 5.41) is 23.8. The molecule has 0 unspecified atom stereocenters. The maximum absolute atomic E-state index is 9.57. The van der Waals surface area contributed by atoms with E-state index in [1.807, 2.05) is 33.0 Å². The molecule has 0 radical (unpaired) electrons. The van der Waals surface area contributed by atoms with Crippen molar-refractivity contribution >= 4 is 16.9 Å². The van der Waals surface area contributed by atoms with Gasteiger partial charge in [-0.05, 0) is 69.4 Å². The van der Waals surface area contributed by atoms with Crippen LogP contribution in [0.25, 0.3) is 16.1 Å². The molecule has 2 aliphatic carbocycles. The SMILES string of the molecule is CN[C@@H]1CCCc2c(-c3nnc(C4=CC=C(OC(C)C)[C@@H](C#N)C4)s3)cccc21. The van der Waals surface area contributed by atoms with Crippen LogP contribution in [-0.4, -0.2) is 23.3 Å². The van der Waals surface area contributed by atoms with Crippen LogP contribution in [0.4, 0.5) is 0 Å². The standard InChI is InChI=1S/C23H26N4OS/c1-14(2)28-21-11-10-15(12-16(21)13-24)22-26-27-23(29-22)19-8-4-7-18-17(19)6-5-9-20(18)25-3/h4,7-8,10-11,14,16,20,25H,5-6,9,12H2,1-3H3/t16-,20-/m1/s1. The van der Waals surface area contributed by atoms with Crippen LogP contribution >= 0.6 is 11.3 Å². The van der Waals surface area contributed by atoms with Gasteiger partial charge in [-0.2, -0.15) is 5.26 Å². The van der Waals surface area contributed by atoms with Crippen LogP contribution in [0.3, 0.4) is 0 Å². The Bertz CT molecular complexity index is 999. The third-order valence-corrected chi connectivity index (χ3v) is 6.56. The monoisotopic (exact) mass is 406 g/mol. The van der Waals surface area contributed by atoms with E-state index in [9.17, 15) is 5.26 Å². The number of rotatable bonds is 5. The van der Waals surface area contributed by atoms with Gasteiger partial charge in [0.2, 0.25) is 0 Å². The predicted molar refractivity (Wildman–Crippen MR) is 116 cm³/mol. The molecule has 150 valence electrons. The summed E-state index contributed by atoms with van der Waals surface area (Å²) in [7, 11) is 2.03. The van der Waals surface area contributed by atoms with Gasteiger partial charge < -0.3 is 10.1 Å². The molecule has 0 fully saturated rings. The summed E-state index contributed by atoms with van der Waals surface area (Å²) in [4.78, 5) is 0. The van der Waals surface area contributed by atoms with Gasteiger partial charge in [0.05, 0.1) is 12.2 Å². The van der Waals surface area contributed by atoms with Crippen molar-refractivity contribution in [1.82, 2.24) is 15.5 Å². The third-order valence-electron chi connectivity index (χ3n) is 5.53. The largest absolute Gasteiger partial charge is 0.494 e. The number of fused-ring (bicyclic) bond motifs is 1. The Balaban J connectivity index is 1.64. The van der Waals surface area contributed by atoms with Crippen LogP contribution in [0.15, 0.2) is 36.1 Å². The lowest BCUT2D eigenvalue weighted by molar-refractivity contribution is 0.129.